The average Bonchev–Trinajstić information content (AvgIpc) is 3.36. The lowest BCUT2D eigenvalue weighted by molar-refractivity contribution is 0.264. The van der Waals surface area contributed by atoms with Crippen LogP contribution in [0.2, 0.25) is 0 Å². The molecule has 10 heteroatoms. The fraction of sp³-hybridized carbons (Fsp3) is 0.389. The fourth-order valence-corrected chi connectivity index (χ4v) is 3.33. The minimum atomic E-state index is -0.267. The van der Waals surface area contributed by atoms with Crippen LogP contribution in [0.1, 0.15) is 19.3 Å². The molecule has 4 rings (SSSR count). The van der Waals surface area contributed by atoms with E-state index in [9.17, 15) is 5.11 Å². The zero-order valence-corrected chi connectivity index (χ0v) is 15.4. The molecule has 4 heterocycles. The minimum absolute atomic E-state index is 0.0806. The number of anilines is 3. The maximum atomic E-state index is 9.64. The van der Waals surface area contributed by atoms with Gasteiger partial charge in [-0.05, 0) is 32.4 Å². The molecule has 0 bridgehead atoms. The molecule has 0 unspecified atom stereocenters. The van der Waals surface area contributed by atoms with E-state index < -0.39 is 0 Å². The molecule has 0 aliphatic carbocycles. The Hall–Kier alpha value is -3.11. The van der Waals surface area contributed by atoms with Crippen LogP contribution in [0.5, 0.6) is 11.6 Å². The second-order valence-electron chi connectivity index (χ2n) is 6.67. The smallest absolute Gasteiger partial charge is 0.232 e. The van der Waals surface area contributed by atoms with Crippen LogP contribution >= 0.6 is 0 Å². The van der Waals surface area contributed by atoms with Gasteiger partial charge >= 0.3 is 0 Å². The zero-order chi connectivity index (χ0) is 19.3. The van der Waals surface area contributed by atoms with Gasteiger partial charge in [0, 0.05) is 37.3 Å². The first-order valence-electron chi connectivity index (χ1n) is 9.28. The number of ether oxygens (including phenoxy) is 1. The van der Waals surface area contributed by atoms with E-state index in [2.05, 4.69) is 25.2 Å². The zero-order valence-electron chi connectivity index (χ0n) is 15.4. The molecule has 0 saturated carbocycles. The third-order valence-electron chi connectivity index (χ3n) is 4.61. The molecule has 0 aromatic carbocycles. The molecule has 10 nitrogen and oxygen atoms in total. The Morgan fingerprint density at radius 3 is 2.86 bits per heavy atom. The molecule has 0 radical (unpaired) electrons. The molecule has 1 saturated heterocycles. The highest BCUT2D eigenvalue weighted by Gasteiger charge is 2.12. The quantitative estimate of drug-likeness (QED) is 0.342. The number of nitrogens with zero attached hydrogens (tertiary/aromatic N) is 5. The lowest BCUT2D eigenvalue weighted by Gasteiger charge is -2.15. The van der Waals surface area contributed by atoms with Crippen LogP contribution < -0.4 is 15.5 Å². The Bertz CT molecular complexity index is 940. The first-order valence-corrected chi connectivity index (χ1v) is 9.28. The lowest BCUT2D eigenvalue weighted by atomic mass is 10.3. The molecule has 1 aliphatic heterocycles. The Kier molecular flexibility index (Phi) is 5.40. The van der Waals surface area contributed by atoms with Crippen molar-refractivity contribution in [1.29, 1.82) is 0 Å². The van der Waals surface area contributed by atoms with Crippen molar-refractivity contribution in [2.45, 2.75) is 19.3 Å². The summed E-state index contributed by atoms with van der Waals surface area (Å²) in [5, 5.41) is 21.6. The molecule has 3 aromatic rings. The number of aromatic nitrogens is 4. The molecule has 1 aliphatic rings. The van der Waals surface area contributed by atoms with Gasteiger partial charge in [-0.1, -0.05) is 0 Å². The number of fused-ring (bicyclic) bond motifs is 1. The summed E-state index contributed by atoms with van der Waals surface area (Å²) in [6.45, 7) is 4.00. The summed E-state index contributed by atoms with van der Waals surface area (Å²) in [7, 11) is 0. The maximum absolute atomic E-state index is 9.64. The van der Waals surface area contributed by atoms with Crippen LogP contribution in [-0.2, 0) is 0 Å². The highest BCUT2D eigenvalue weighted by Crippen LogP contribution is 2.26. The topological polar surface area (TPSA) is 120 Å². The van der Waals surface area contributed by atoms with Crippen LogP contribution in [0.3, 0.4) is 0 Å². The number of nitrogens with one attached hydrogen (secondary N) is 2. The first-order chi connectivity index (χ1) is 13.7. The number of pyridine rings is 1. The molecular formula is C18H23N7O3. The van der Waals surface area contributed by atoms with Crippen molar-refractivity contribution in [2.24, 2.45) is 0 Å². The van der Waals surface area contributed by atoms with E-state index in [1.807, 2.05) is 28.3 Å². The summed E-state index contributed by atoms with van der Waals surface area (Å²) < 4.78 is 7.83. The third kappa shape index (κ3) is 4.24. The average molecular weight is 385 g/mol. The van der Waals surface area contributed by atoms with Gasteiger partial charge in [0.15, 0.2) is 17.2 Å². The largest absolute Gasteiger partial charge is 0.493 e. The highest BCUT2D eigenvalue weighted by atomic mass is 16.5. The van der Waals surface area contributed by atoms with Gasteiger partial charge in [-0.2, -0.15) is 9.97 Å². The molecule has 1 fully saturated rings. The standard InChI is InChI=1S/C18H23N7O3/c26-16-11-15(23-27)21-18(22-16)20-13-10-14(17-19-4-8-25(17)12-13)28-9-3-7-24-5-1-2-6-24/h4,8,10-12,27H,1-3,5-7,9H2,(H3,20,21,22,23,26). The van der Waals surface area contributed by atoms with Crippen molar-refractivity contribution in [1.82, 2.24) is 24.3 Å². The molecule has 4 N–H and O–H groups in total. The van der Waals surface area contributed by atoms with Crippen molar-refractivity contribution in [2.75, 3.05) is 37.0 Å². The maximum Gasteiger partial charge on any atom is 0.232 e. The van der Waals surface area contributed by atoms with E-state index in [1.54, 1.807) is 6.20 Å². The van der Waals surface area contributed by atoms with E-state index in [1.165, 1.54) is 32.0 Å². The van der Waals surface area contributed by atoms with Gasteiger partial charge in [-0.3, -0.25) is 10.7 Å². The molecule has 3 aromatic heterocycles. The van der Waals surface area contributed by atoms with Crippen molar-refractivity contribution in [3.63, 3.8) is 0 Å². The van der Waals surface area contributed by atoms with Crippen LogP contribution in [0.4, 0.5) is 17.5 Å². The van der Waals surface area contributed by atoms with E-state index in [4.69, 9.17) is 9.94 Å². The number of imidazole rings is 1. The molecular weight excluding hydrogens is 362 g/mol. The van der Waals surface area contributed by atoms with Gasteiger partial charge in [0.05, 0.1) is 12.3 Å². The van der Waals surface area contributed by atoms with Crippen molar-refractivity contribution in [3.05, 3.63) is 30.7 Å². The normalized spacial score (nSPS) is 14.5. The van der Waals surface area contributed by atoms with Gasteiger partial charge in [0.25, 0.3) is 0 Å². The summed E-state index contributed by atoms with van der Waals surface area (Å²) in [6.07, 6.45) is 8.86. The van der Waals surface area contributed by atoms with Crippen molar-refractivity contribution >= 4 is 23.1 Å². The molecule has 0 amide bonds. The lowest BCUT2D eigenvalue weighted by Crippen LogP contribution is -2.22. The SMILES string of the molecule is ONc1cc(O)nc(Nc2cc(OCCCN3CCCC3)c3nccn3c2)n1. The fourth-order valence-electron chi connectivity index (χ4n) is 3.33. The van der Waals surface area contributed by atoms with Gasteiger partial charge < -0.3 is 24.5 Å². The Morgan fingerprint density at radius 1 is 1.18 bits per heavy atom. The second kappa shape index (κ2) is 8.28. The van der Waals surface area contributed by atoms with E-state index in [0.29, 0.717) is 18.0 Å². The number of hydrogen-bond acceptors (Lipinski definition) is 9. The predicted molar refractivity (Wildman–Crippen MR) is 103 cm³/mol. The Morgan fingerprint density at radius 2 is 2.04 bits per heavy atom. The van der Waals surface area contributed by atoms with Crippen LogP contribution in [0.15, 0.2) is 30.7 Å². The third-order valence-corrected chi connectivity index (χ3v) is 4.61. The van der Waals surface area contributed by atoms with Gasteiger partial charge in [-0.15, -0.1) is 0 Å². The van der Waals surface area contributed by atoms with Crippen molar-refractivity contribution < 1.29 is 15.1 Å². The Balaban J connectivity index is 1.47. The molecule has 28 heavy (non-hydrogen) atoms. The summed E-state index contributed by atoms with van der Waals surface area (Å²) >= 11 is 0. The first kappa shape index (κ1) is 18.3. The summed E-state index contributed by atoms with van der Waals surface area (Å²) in [5.74, 6) is 0.598. The minimum Gasteiger partial charge on any atom is -0.493 e. The summed E-state index contributed by atoms with van der Waals surface area (Å²) in [4.78, 5) is 14.8. The van der Waals surface area contributed by atoms with E-state index in [0.717, 1.165) is 18.6 Å². The highest BCUT2D eigenvalue weighted by molar-refractivity contribution is 5.64. The number of hydrogen-bond donors (Lipinski definition) is 4. The Labute approximate surface area is 161 Å². The molecule has 148 valence electrons. The number of aromatic hydroxyl groups is 1. The monoisotopic (exact) mass is 385 g/mol. The predicted octanol–water partition coefficient (Wildman–Crippen LogP) is 2.24. The molecule has 0 spiro atoms. The van der Waals surface area contributed by atoms with Crippen LogP contribution in [0, 0.1) is 0 Å². The molecule has 0 atom stereocenters. The van der Waals surface area contributed by atoms with Gasteiger partial charge in [0.2, 0.25) is 11.8 Å². The van der Waals surface area contributed by atoms with Crippen LogP contribution in [-0.4, -0.2) is 60.8 Å². The van der Waals surface area contributed by atoms with Gasteiger partial charge in [-0.25, -0.2) is 4.98 Å². The van der Waals surface area contributed by atoms with Crippen LogP contribution in [0.25, 0.3) is 5.65 Å². The van der Waals surface area contributed by atoms with E-state index >= 15 is 0 Å². The van der Waals surface area contributed by atoms with E-state index in [-0.39, 0.29) is 17.6 Å². The summed E-state index contributed by atoms with van der Waals surface area (Å²) in [6, 6.07) is 3.02. The number of rotatable bonds is 8. The number of likely N-dealkylation sites (tertiary alicyclic amines) is 1. The van der Waals surface area contributed by atoms with Crippen molar-refractivity contribution in [3.8, 4) is 11.6 Å². The van der Waals surface area contributed by atoms with Gasteiger partial charge in [0.1, 0.15) is 0 Å². The second-order valence-corrected chi connectivity index (χ2v) is 6.67. The summed E-state index contributed by atoms with van der Waals surface area (Å²) in [5.41, 5.74) is 3.28.